The van der Waals surface area contributed by atoms with Crippen LogP contribution in [0.15, 0.2) is 47.6 Å². The molecule has 0 aliphatic rings. The first-order valence-corrected chi connectivity index (χ1v) is 7.60. The van der Waals surface area contributed by atoms with Crippen LogP contribution in [0, 0.1) is 0 Å². The second-order valence-corrected chi connectivity index (χ2v) is 5.09. The smallest absolute Gasteiger partial charge is 0.271 e. The molecule has 0 bridgehead atoms. The largest absolute Gasteiger partial charge is 0.497 e. The van der Waals surface area contributed by atoms with Crippen LogP contribution in [0.2, 0.25) is 0 Å². The number of benzene rings is 2. The highest BCUT2D eigenvalue weighted by Crippen LogP contribution is 2.27. The molecule has 0 atom stereocenters. The lowest BCUT2D eigenvalue weighted by molar-refractivity contribution is -0.119. The summed E-state index contributed by atoms with van der Waals surface area (Å²) in [5.74, 6) is 0.523. The lowest BCUT2D eigenvalue weighted by Gasteiger charge is -2.09. The molecule has 0 aliphatic carbocycles. The molecule has 8 heteroatoms. The maximum Gasteiger partial charge on any atom is 0.271 e. The van der Waals surface area contributed by atoms with Crippen molar-refractivity contribution in [2.24, 2.45) is 10.8 Å². The van der Waals surface area contributed by atoms with Gasteiger partial charge in [-0.1, -0.05) is 0 Å². The zero-order chi connectivity index (χ0) is 18.9. The van der Waals surface area contributed by atoms with Gasteiger partial charge in [0.15, 0.2) is 18.1 Å². The van der Waals surface area contributed by atoms with E-state index in [0.717, 1.165) is 0 Å². The van der Waals surface area contributed by atoms with E-state index in [-0.39, 0.29) is 12.5 Å². The molecule has 26 heavy (non-hydrogen) atoms. The number of nitrogens with one attached hydrogen (secondary N) is 1. The van der Waals surface area contributed by atoms with Crippen molar-refractivity contribution < 1.29 is 23.8 Å². The highest BCUT2D eigenvalue weighted by Gasteiger charge is 2.07. The van der Waals surface area contributed by atoms with E-state index in [4.69, 9.17) is 19.9 Å². The van der Waals surface area contributed by atoms with Crippen molar-refractivity contribution >= 4 is 18.0 Å². The molecule has 0 aliphatic heterocycles. The molecule has 0 saturated heterocycles. The Morgan fingerprint density at radius 2 is 1.81 bits per heavy atom. The van der Waals surface area contributed by atoms with Gasteiger partial charge < -0.3 is 19.9 Å². The van der Waals surface area contributed by atoms with Gasteiger partial charge in [-0.25, -0.2) is 5.43 Å². The van der Waals surface area contributed by atoms with Crippen molar-refractivity contribution in [2.45, 2.75) is 0 Å². The van der Waals surface area contributed by atoms with Crippen LogP contribution in [0.5, 0.6) is 17.2 Å². The summed E-state index contributed by atoms with van der Waals surface area (Å²) >= 11 is 0. The van der Waals surface area contributed by atoms with Gasteiger partial charge in [0.25, 0.3) is 11.8 Å². The molecular formula is C18H19N3O5. The fraction of sp³-hybridized carbons (Fsp3) is 0.167. The Morgan fingerprint density at radius 1 is 1.08 bits per heavy atom. The summed E-state index contributed by atoms with van der Waals surface area (Å²) in [5, 5.41) is 3.91. The highest BCUT2D eigenvalue weighted by molar-refractivity contribution is 5.95. The summed E-state index contributed by atoms with van der Waals surface area (Å²) < 4.78 is 15.5. The lowest BCUT2D eigenvalue weighted by atomic mass is 10.2. The second kappa shape index (κ2) is 9.07. The average Bonchev–Trinajstić information content (AvgIpc) is 2.66. The van der Waals surface area contributed by atoms with Gasteiger partial charge >= 0.3 is 0 Å². The normalized spacial score (nSPS) is 10.4. The van der Waals surface area contributed by atoms with Crippen molar-refractivity contribution in [1.29, 1.82) is 0 Å². The van der Waals surface area contributed by atoms with Crippen LogP contribution in [-0.2, 0) is 4.79 Å². The van der Waals surface area contributed by atoms with E-state index in [2.05, 4.69) is 10.5 Å². The number of hydrogen-bond donors (Lipinski definition) is 2. The molecule has 2 amide bonds. The predicted molar refractivity (Wildman–Crippen MR) is 95.7 cm³/mol. The predicted octanol–water partition coefficient (Wildman–Crippen LogP) is 1.33. The number of methoxy groups -OCH3 is 2. The highest BCUT2D eigenvalue weighted by atomic mass is 16.5. The van der Waals surface area contributed by atoms with Crippen molar-refractivity contribution in [3.63, 3.8) is 0 Å². The van der Waals surface area contributed by atoms with Crippen molar-refractivity contribution in [3.05, 3.63) is 53.6 Å². The summed E-state index contributed by atoms with van der Waals surface area (Å²) in [6, 6.07) is 11.6. The van der Waals surface area contributed by atoms with E-state index in [1.165, 1.54) is 13.3 Å². The Morgan fingerprint density at radius 3 is 2.42 bits per heavy atom. The van der Waals surface area contributed by atoms with Gasteiger partial charge in [0.2, 0.25) is 0 Å². The van der Waals surface area contributed by atoms with Crippen LogP contribution in [0.3, 0.4) is 0 Å². The van der Waals surface area contributed by atoms with Crippen molar-refractivity contribution in [2.75, 3.05) is 20.8 Å². The fourth-order valence-electron chi connectivity index (χ4n) is 2.00. The topological polar surface area (TPSA) is 112 Å². The molecule has 3 N–H and O–H groups in total. The molecule has 0 spiro atoms. The number of carbonyl (C=O) groups excluding carboxylic acids is 2. The van der Waals surface area contributed by atoms with E-state index in [1.807, 2.05) is 0 Å². The summed E-state index contributed by atoms with van der Waals surface area (Å²) in [6.45, 7) is -0.248. The molecule has 136 valence electrons. The minimum Gasteiger partial charge on any atom is -0.497 e. The summed E-state index contributed by atoms with van der Waals surface area (Å²) in [6.07, 6.45) is 1.46. The molecule has 0 saturated carbocycles. The number of primary amides is 1. The molecule has 0 aromatic heterocycles. The molecule has 2 rings (SSSR count). The maximum absolute atomic E-state index is 12.0. The number of ether oxygens (including phenoxy) is 3. The standard InChI is InChI=1S/C18H19N3O5/c1-24-14-6-4-13(5-7-14)18(23)21-20-10-12-3-8-15(16(9-12)25-2)26-11-17(19)22/h3-10H,11H2,1-2H3,(H2,19,22)(H,21,23)/b20-10-. The van der Waals surface area contributed by atoms with Crippen LogP contribution in [-0.4, -0.2) is 38.9 Å². The van der Waals surface area contributed by atoms with E-state index in [0.29, 0.717) is 28.4 Å². The number of nitrogens with zero attached hydrogens (tertiary/aromatic N) is 1. The molecule has 8 nitrogen and oxygen atoms in total. The molecule has 0 unspecified atom stereocenters. The van der Waals surface area contributed by atoms with E-state index in [1.54, 1.807) is 49.6 Å². The minimum absolute atomic E-state index is 0.248. The number of hydrazone groups is 1. The zero-order valence-electron chi connectivity index (χ0n) is 14.4. The van der Waals surface area contributed by atoms with Gasteiger partial charge in [0.05, 0.1) is 20.4 Å². The first kappa shape index (κ1) is 18.8. The Bertz CT molecular complexity index is 803. The Kier molecular flexibility index (Phi) is 6.55. The quantitative estimate of drug-likeness (QED) is 0.547. The zero-order valence-corrected chi connectivity index (χ0v) is 14.4. The van der Waals surface area contributed by atoms with Gasteiger partial charge in [0.1, 0.15) is 5.75 Å². The number of hydrogen-bond acceptors (Lipinski definition) is 6. The summed E-state index contributed by atoms with van der Waals surface area (Å²) in [5.41, 5.74) is 8.60. The average molecular weight is 357 g/mol. The Labute approximate surface area is 150 Å². The van der Waals surface area contributed by atoms with Crippen LogP contribution < -0.4 is 25.4 Å². The van der Waals surface area contributed by atoms with Crippen molar-refractivity contribution in [1.82, 2.24) is 5.43 Å². The van der Waals surface area contributed by atoms with E-state index >= 15 is 0 Å². The second-order valence-electron chi connectivity index (χ2n) is 5.09. The van der Waals surface area contributed by atoms with Crippen LogP contribution in [0.1, 0.15) is 15.9 Å². The first-order valence-electron chi connectivity index (χ1n) is 7.60. The monoisotopic (exact) mass is 357 g/mol. The molecule has 2 aromatic carbocycles. The third-order valence-electron chi connectivity index (χ3n) is 3.29. The van der Waals surface area contributed by atoms with Crippen LogP contribution in [0.25, 0.3) is 0 Å². The molecule has 0 heterocycles. The Balaban J connectivity index is 2.00. The molecule has 2 aromatic rings. The summed E-state index contributed by atoms with van der Waals surface area (Å²) in [4.78, 5) is 22.8. The molecule has 0 fully saturated rings. The van der Waals surface area contributed by atoms with Gasteiger partial charge in [-0.05, 0) is 48.0 Å². The third-order valence-corrected chi connectivity index (χ3v) is 3.29. The van der Waals surface area contributed by atoms with Crippen LogP contribution in [0.4, 0.5) is 0 Å². The van der Waals surface area contributed by atoms with Crippen LogP contribution >= 0.6 is 0 Å². The minimum atomic E-state index is -0.584. The fourth-order valence-corrected chi connectivity index (χ4v) is 2.00. The van der Waals surface area contributed by atoms with Gasteiger partial charge in [-0.15, -0.1) is 0 Å². The third kappa shape index (κ3) is 5.23. The van der Waals surface area contributed by atoms with E-state index < -0.39 is 5.91 Å². The first-order chi connectivity index (χ1) is 12.5. The van der Waals surface area contributed by atoms with Gasteiger partial charge in [-0.3, -0.25) is 9.59 Å². The van der Waals surface area contributed by atoms with Crippen molar-refractivity contribution in [3.8, 4) is 17.2 Å². The van der Waals surface area contributed by atoms with Gasteiger partial charge in [0, 0.05) is 5.56 Å². The van der Waals surface area contributed by atoms with E-state index in [9.17, 15) is 9.59 Å². The number of nitrogens with two attached hydrogens (primary N) is 1. The van der Waals surface area contributed by atoms with Gasteiger partial charge in [-0.2, -0.15) is 5.10 Å². The summed E-state index contributed by atoms with van der Waals surface area (Å²) in [7, 11) is 3.02. The Hall–Kier alpha value is -3.55. The lowest BCUT2D eigenvalue weighted by Crippen LogP contribution is -2.20. The maximum atomic E-state index is 12.0. The number of rotatable bonds is 8. The number of carbonyl (C=O) groups is 2. The molecule has 0 radical (unpaired) electrons. The molecular weight excluding hydrogens is 338 g/mol. The SMILES string of the molecule is COc1ccc(C(=O)N/N=C\c2ccc(OCC(N)=O)c(OC)c2)cc1. The number of amides is 2.